The summed E-state index contributed by atoms with van der Waals surface area (Å²) in [6.45, 7) is 4.65. The van der Waals surface area contributed by atoms with Gasteiger partial charge in [-0.05, 0) is 38.8 Å². The first-order valence-electron chi connectivity index (χ1n) is 16.8. The number of urea groups is 1. The Morgan fingerprint density at radius 2 is 0.907 bits per heavy atom. The van der Waals surface area contributed by atoms with Gasteiger partial charge < -0.3 is 62.5 Å². The van der Waals surface area contributed by atoms with Crippen molar-refractivity contribution in [3.63, 3.8) is 0 Å². The molecule has 0 aliphatic carbocycles. The molecule has 0 aliphatic heterocycles. The highest BCUT2D eigenvalue weighted by Gasteiger charge is 2.37. The lowest BCUT2D eigenvalue weighted by Gasteiger charge is -2.18. The normalized spacial score (nSPS) is 13.1. The van der Waals surface area contributed by atoms with Gasteiger partial charge in [-0.2, -0.15) is 0 Å². The fourth-order valence-electron chi connectivity index (χ4n) is 4.42. The molecule has 0 saturated carbocycles. The van der Waals surface area contributed by atoms with E-state index in [1.54, 1.807) is 5.32 Å². The first-order valence-corrected chi connectivity index (χ1v) is 16.8. The standard InChI is InChI=1S/C30H50N8O16/c39-19(21(27(48)49)37-30(54)38-22(28(50)51)23(42)24(43)29(52)53)5-3-9-32-11-13-34-15-14-33-12-10-31-8-2-1-4-17(25(44)45)35-16-36-18(26(46)47)6-7-20(40)41/h17-18,21-22,31-36H,1-16H2,(H,40,41)(H,44,45)(H,46,47)(H,48,49)(H,50,51)(H,52,53)(H2,37,38,54). The molecule has 24 heteroatoms. The SMILES string of the molecule is O=C(O)CCC(NCNC(CCCCNCCNCCNCCNCCCC(=O)C(NC(=O)NC(C(=O)O)C(=O)C(=O)C(=O)O)C(=O)O)C(=O)O)C(=O)O. The number of hydrogen-bond donors (Lipinski definition) is 14. The van der Waals surface area contributed by atoms with Crippen LogP contribution in [0, 0.1) is 0 Å². The molecule has 54 heavy (non-hydrogen) atoms. The molecule has 24 nitrogen and oxygen atoms in total. The number of carboxylic acid groups (broad SMARTS) is 6. The first kappa shape index (κ1) is 48.9. The summed E-state index contributed by atoms with van der Waals surface area (Å²) in [6, 6.07) is -8.33. The minimum Gasteiger partial charge on any atom is -0.481 e. The van der Waals surface area contributed by atoms with Crippen molar-refractivity contribution in [3.05, 3.63) is 0 Å². The summed E-state index contributed by atoms with van der Waals surface area (Å²) >= 11 is 0. The predicted octanol–water partition coefficient (Wildman–Crippen LogP) is -4.80. The van der Waals surface area contributed by atoms with Gasteiger partial charge in [0.05, 0.1) is 0 Å². The number of rotatable bonds is 35. The Morgan fingerprint density at radius 3 is 1.35 bits per heavy atom. The molecule has 0 bridgehead atoms. The minimum absolute atomic E-state index is 0.105. The van der Waals surface area contributed by atoms with Crippen LogP contribution in [0.4, 0.5) is 4.79 Å². The van der Waals surface area contributed by atoms with Crippen LogP contribution in [0.3, 0.4) is 0 Å². The lowest BCUT2D eigenvalue weighted by Crippen LogP contribution is -2.57. The molecular formula is C30H50N8O16. The quantitative estimate of drug-likeness (QED) is 0.0124. The third-order valence-electron chi connectivity index (χ3n) is 7.30. The molecule has 0 saturated heterocycles. The van der Waals surface area contributed by atoms with Gasteiger partial charge in [-0.1, -0.05) is 6.42 Å². The van der Waals surface area contributed by atoms with E-state index in [1.165, 1.54) is 5.32 Å². The summed E-state index contributed by atoms with van der Waals surface area (Å²) in [6.07, 6.45) is 1.06. The number of carbonyl (C=O) groups is 10. The lowest BCUT2D eigenvalue weighted by atomic mass is 10.1. The third-order valence-corrected chi connectivity index (χ3v) is 7.30. The first-order chi connectivity index (χ1) is 25.5. The van der Waals surface area contributed by atoms with Crippen LogP contribution in [0.25, 0.3) is 0 Å². The number of carboxylic acids is 6. The van der Waals surface area contributed by atoms with Gasteiger partial charge in [0, 0.05) is 58.8 Å². The molecule has 0 radical (unpaired) electrons. The predicted molar refractivity (Wildman–Crippen MR) is 183 cm³/mol. The van der Waals surface area contributed by atoms with Crippen LogP contribution in [-0.4, -0.2) is 173 Å². The number of nitrogens with one attached hydrogen (secondary N) is 8. The van der Waals surface area contributed by atoms with Gasteiger partial charge in [-0.25, -0.2) is 19.2 Å². The van der Waals surface area contributed by atoms with Crippen LogP contribution in [0.15, 0.2) is 0 Å². The number of carbonyl (C=O) groups excluding carboxylic acids is 4. The van der Waals surface area contributed by atoms with Gasteiger partial charge in [-0.3, -0.25) is 39.4 Å². The van der Waals surface area contributed by atoms with Crippen molar-refractivity contribution >= 4 is 59.2 Å². The maximum atomic E-state index is 12.3. The van der Waals surface area contributed by atoms with Crippen molar-refractivity contribution in [1.29, 1.82) is 0 Å². The summed E-state index contributed by atoms with van der Waals surface area (Å²) in [4.78, 5) is 114. The average molecular weight is 779 g/mol. The maximum Gasteiger partial charge on any atom is 0.380 e. The van der Waals surface area contributed by atoms with E-state index in [9.17, 15) is 58.2 Å². The third kappa shape index (κ3) is 22.7. The van der Waals surface area contributed by atoms with Gasteiger partial charge in [0.1, 0.15) is 12.1 Å². The van der Waals surface area contributed by atoms with E-state index in [2.05, 4.69) is 31.9 Å². The van der Waals surface area contributed by atoms with Crippen molar-refractivity contribution < 1.29 is 78.6 Å². The zero-order valence-electron chi connectivity index (χ0n) is 29.4. The van der Waals surface area contributed by atoms with Crippen molar-refractivity contribution in [2.24, 2.45) is 0 Å². The van der Waals surface area contributed by atoms with Gasteiger partial charge in [0.15, 0.2) is 17.9 Å². The second-order valence-corrected chi connectivity index (χ2v) is 11.5. The fourth-order valence-corrected chi connectivity index (χ4v) is 4.42. The fraction of sp³-hybridized carbons (Fsp3) is 0.667. The summed E-state index contributed by atoms with van der Waals surface area (Å²) in [7, 11) is 0. The molecule has 4 atom stereocenters. The Bertz CT molecular complexity index is 1300. The monoisotopic (exact) mass is 778 g/mol. The molecule has 0 fully saturated rings. The van der Waals surface area contributed by atoms with E-state index >= 15 is 0 Å². The molecule has 14 N–H and O–H groups in total. The number of ketones is 3. The number of hydrogen-bond acceptors (Lipinski definition) is 16. The van der Waals surface area contributed by atoms with Crippen molar-refractivity contribution in [2.45, 2.75) is 69.1 Å². The number of Topliss-reactive ketones (excluding diaryl/α,β-unsaturated/α-hetero) is 3. The molecule has 0 aromatic heterocycles. The van der Waals surface area contributed by atoms with E-state index in [-0.39, 0.29) is 32.4 Å². The maximum absolute atomic E-state index is 12.3. The smallest absolute Gasteiger partial charge is 0.380 e. The number of unbranched alkanes of at least 4 members (excludes halogenated alkanes) is 1. The van der Waals surface area contributed by atoms with Crippen LogP contribution in [0.2, 0.25) is 0 Å². The zero-order chi connectivity index (χ0) is 41.1. The topological polar surface area (TPSA) is 388 Å². The Balaban J connectivity index is 4.03. The van der Waals surface area contributed by atoms with Crippen LogP contribution >= 0.6 is 0 Å². The van der Waals surface area contributed by atoms with Crippen LogP contribution in [0.1, 0.15) is 44.9 Å². The largest absolute Gasteiger partial charge is 0.481 e. The second-order valence-electron chi connectivity index (χ2n) is 11.5. The van der Waals surface area contributed by atoms with Gasteiger partial charge in [0.25, 0.3) is 0 Å². The molecule has 0 rings (SSSR count). The van der Waals surface area contributed by atoms with Crippen LogP contribution in [0.5, 0.6) is 0 Å². The zero-order valence-corrected chi connectivity index (χ0v) is 29.4. The highest BCUT2D eigenvalue weighted by atomic mass is 16.4. The van der Waals surface area contributed by atoms with E-state index in [1.807, 2.05) is 0 Å². The highest BCUT2D eigenvalue weighted by Crippen LogP contribution is 2.02. The summed E-state index contributed by atoms with van der Waals surface area (Å²) < 4.78 is 0. The summed E-state index contributed by atoms with van der Waals surface area (Å²) in [5.41, 5.74) is 0. The molecule has 0 aliphatic rings. The Hall–Kier alpha value is -5.14. The van der Waals surface area contributed by atoms with Crippen molar-refractivity contribution in [1.82, 2.24) is 42.5 Å². The lowest BCUT2D eigenvalue weighted by molar-refractivity contribution is -0.155. The van der Waals surface area contributed by atoms with Crippen molar-refractivity contribution in [3.8, 4) is 0 Å². The molecular weight excluding hydrogens is 728 g/mol. The van der Waals surface area contributed by atoms with Crippen LogP contribution in [-0.2, 0) is 43.2 Å². The summed E-state index contributed by atoms with van der Waals surface area (Å²) in [5.74, 6) is -14.6. The highest BCUT2D eigenvalue weighted by molar-refractivity contribution is 6.64. The molecule has 2 amide bonds. The van der Waals surface area contributed by atoms with E-state index in [4.69, 9.17) is 20.4 Å². The summed E-state index contributed by atoms with van der Waals surface area (Å²) in [5, 5.41) is 75.3. The Kier molecular flexibility index (Phi) is 25.7. The van der Waals surface area contributed by atoms with Crippen molar-refractivity contribution in [2.75, 3.05) is 59.0 Å². The van der Waals surface area contributed by atoms with Gasteiger partial charge in [0.2, 0.25) is 5.78 Å². The van der Waals surface area contributed by atoms with E-state index in [0.717, 1.165) is 0 Å². The second kappa shape index (κ2) is 28.4. The van der Waals surface area contributed by atoms with E-state index in [0.29, 0.717) is 71.6 Å². The van der Waals surface area contributed by atoms with E-state index < -0.39 is 83.4 Å². The average Bonchev–Trinajstić information content (AvgIpc) is 3.09. The molecule has 0 aromatic rings. The molecule has 0 heterocycles. The van der Waals surface area contributed by atoms with Crippen LogP contribution < -0.4 is 42.5 Å². The molecule has 4 unspecified atom stereocenters. The molecule has 0 aromatic carbocycles. The molecule has 306 valence electrons. The Labute approximate surface area is 308 Å². The number of amides is 2. The Morgan fingerprint density at radius 1 is 0.463 bits per heavy atom. The van der Waals surface area contributed by atoms with Gasteiger partial charge in [-0.15, -0.1) is 0 Å². The number of aliphatic carboxylic acids is 6. The van der Waals surface area contributed by atoms with Gasteiger partial charge >= 0.3 is 47.6 Å². The molecule has 0 spiro atoms. The minimum atomic E-state index is -2.62.